The van der Waals surface area contributed by atoms with E-state index in [1.807, 2.05) is 30.3 Å². The van der Waals surface area contributed by atoms with Gasteiger partial charge in [-0.1, -0.05) is 67.9 Å². The highest BCUT2D eigenvalue weighted by Crippen LogP contribution is 2.30. The van der Waals surface area contributed by atoms with Gasteiger partial charge in [-0.25, -0.2) is 0 Å². The molecule has 0 radical (unpaired) electrons. The predicted octanol–water partition coefficient (Wildman–Crippen LogP) is 4.88. The van der Waals surface area contributed by atoms with Gasteiger partial charge in [0.1, 0.15) is 11.4 Å². The summed E-state index contributed by atoms with van der Waals surface area (Å²) in [6.07, 6.45) is 2.10. The van der Waals surface area contributed by atoms with Gasteiger partial charge in [0.2, 0.25) is 0 Å². The van der Waals surface area contributed by atoms with Crippen LogP contribution in [0.5, 0.6) is 0 Å². The number of rotatable bonds is 4. The first kappa shape index (κ1) is 15.6. The van der Waals surface area contributed by atoms with Crippen LogP contribution in [0.25, 0.3) is 22.0 Å². The van der Waals surface area contributed by atoms with Gasteiger partial charge in [-0.3, -0.25) is 0 Å². The van der Waals surface area contributed by atoms with Crippen LogP contribution in [0, 0.1) is 5.92 Å². The zero-order valence-electron chi connectivity index (χ0n) is 14.1. The molecule has 4 rings (SSSR count). The molecule has 1 unspecified atom stereocenters. The Morgan fingerprint density at radius 1 is 0.880 bits per heavy atom. The van der Waals surface area contributed by atoms with E-state index < -0.39 is 0 Å². The smallest absolute Gasteiger partial charge is 0.117 e. The molecule has 1 aromatic heterocycles. The first-order valence-electron chi connectivity index (χ1n) is 8.64. The van der Waals surface area contributed by atoms with Gasteiger partial charge >= 0.3 is 0 Å². The minimum absolute atomic E-state index is 0.253. The fourth-order valence-corrected chi connectivity index (χ4v) is 3.30. The zero-order valence-corrected chi connectivity index (χ0v) is 14.1. The molecule has 25 heavy (non-hydrogen) atoms. The third-order valence-electron chi connectivity index (χ3n) is 4.52. The van der Waals surface area contributed by atoms with E-state index in [0.29, 0.717) is 6.54 Å². The fraction of sp³-hybridized carbons (Fsp3) is 0.250. The van der Waals surface area contributed by atoms with Crippen molar-refractivity contribution in [3.8, 4) is 11.3 Å². The average Bonchev–Trinajstić information content (AvgIpc) is 2.69. The SMILES string of the molecule is CCCC1CN=NN=C1c1nnc(-c2ccccc2)c2ccccc12. The molecule has 0 fully saturated rings. The van der Waals surface area contributed by atoms with Crippen molar-refractivity contribution in [2.24, 2.45) is 21.4 Å². The highest BCUT2D eigenvalue weighted by Gasteiger charge is 2.24. The molecule has 5 heteroatoms. The van der Waals surface area contributed by atoms with Crippen LogP contribution in [0.2, 0.25) is 0 Å². The molecule has 5 nitrogen and oxygen atoms in total. The van der Waals surface area contributed by atoms with Gasteiger partial charge in [-0.2, -0.15) is 5.11 Å². The Kier molecular flexibility index (Phi) is 4.29. The second-order valence-electron chi connectivity index (χ2n) is 6.19. The van der Waals surface area contributed by atoms with E-state index in [4.69, 9.17) is 0 Å². The molecule has 0 amide bonds. The van der Waals surface area contributed by atoms with Gasteiger partial charge < -0.3 is 0 Å². The van der Waals surface area contributed by atoms with Crippen molar-refractivity contribution in [2.45, 2.75) is 19.8 Å². The summed E-state index contributed by atoms with van der Waals surface area (Å²) in [6.45, 7) is 2.84. The fourth-order valence-electron chi connectivity index (χ4n) is 3.30. The Bertz CT molecular complexity index is 947. The number of fused-ring (bicyclic) bond motifs is 1. The van der Waals surface area contributed by atoms with Crippen molar-refractivity contribution in [3.63, 3.8) is 0 Å². The number of hydrogen-bond acceptors (Lipinski definition) is 5. The van der Waals surface area contributed by atoms with Crippen LogP contribution < -0.4 is 0 Å². The lowest BCUT2D eigenvalue weighted by molar-refractivity contribution is 0.586. The van der Waals surface area contributed by atoms with Crippen molar-refractivity contribution in [2.75, 3.05) is 6.54 Å². The Morgan fingerprint density at radius 2 is 1.56 bits per heavy atom. The molecule has 1 atom stereocenters. The maximum atomic E-state index is 4.56. The van der Waals surface area contributed by atoms with E-state index in [9.17, 15) is 0 Å². The van der Waals surface area contributed by atoms with Gasteiger partial charge in [-0.15, -0.1) is 15.3 Å². The molecular formula is C20H19N5. The highest BCUT2D eigenvalue weighted by atomic mass is 15.4. The Labute approximate surface area is 146 Å². The zero-order chi connectivity index (χ0) is 17.1. The molecular weight excluding hydrogens is 310 g/mol. The van der Waals surface area contributed by atoms with Gasteiger partial charge in [0.15, 0.2) is 0 Å². The molecule has 2 heterocycles. The second-order valence-corrected chi connectivity index (χ2v) is 6.19. The second kappa shape index (κ2) is 6.89. The maximum absolute atomic E-state index is 4.56. The molecule has 3 aromatic rings. The molecule has 0 saturated carbocycles. The minimum Gasteiger partial charge on any atom is -0.168 e. The van der Waals surface area contributed by atoms with Crippen molar-refractivity contribution >= 4 is 16.5 Å². The van der Waals surface area contributed by atoms with Crippen LogP contribution in [0.3, 0.4) is 0 Å². The van der Waals surface area contributed by atoms with Crippen LogP contribution in [0.1, 0.15) is 25.5 Å². The molecule has 0 N–H and O–H groups in total. The van der Waals surface area contributed by atoms with Gasteiger partial charge in [0.25, 0.3) is 0 Å². The van der Waals surface area contributed by atoms with Crippen molar-refractivity contribution in [1.82, 2.24) is 10.2 Å². The molecule has 0 bridgehead atoms. The van der Waals surface area contributed by atoms with Crippen molar-refractivity contribution in [3.05, 3.63) is 60.3 Å². The first-order valence-corrected chi connectivity index (χ1v) is 8.64. The van der Waals surface area contributed by atoms with E-state index in [-0.39, 0.29) is 5.92 Å². The summed E-state index contributed by atoms with van der Waals surface area (Å²) < 4.78 is 0. The third kappa shape index (κ3) is 2.93. The number of nitrogens with zero attached hydrogens (tertiary/aromatic N) is 5. The molecule has 124 valence electrons. The lowest BCUT2D eigenvalue weighted by Crippen LogP contribution is -2.22. The van der Waals surface area contributed by atoms with Crippen molar-refractivity contribution in [1.29, 1.82) is 0 Å². The standard InChI is InChI=1S/C20H19N5/c1-2-8-15-13-21-25-24-19(15)20-17-12-7-6-11-16(17)18(22-23-20)14-9-4-3-5-10-14/h3-7,9-12,15H,2,8,13H2,1H3. The first-order chi connectivity index (χ1) is 12.4. The summed E-state index contributed by atoms with van der Waals surface area (Å²) in [5.74, 6) is 0.253. The Morgan fingerprint density at radius 3 is 2.32 bits per heavy atom. The topological polar surface area (TPSA) is 62.9 Å². The minimum atomic E-state index is 0.253. The van der Waals surface area contributed by atoms with Crippen LogP contribution in [0.15, 0.2) is 70.0 Å². The van der Waals surface area contributed by atoms with E-state index >= 15 is 0 Å². The maximum Gasteiger partial charge on any atom is 0.117 e. The number of hydrogen-bond donors (Lipinski definition) is 0. The Hall–Kier alpha value is -2.95. The predicted molar refractivity (Wildman–Crippen MR) is 99.6 cm³/mol. The average molecular weight is 329 g/mol. The monoisotopic (exact) mass is 329 g/mol. The molecule has 0 saturated heterocycles. The third-order valence-corrected chi connectivity index (χ3v) is 4.52. The van der Waals surface area contributed by atoms with E-state index in [1.54, 1.807) is 0 Å². The van der Waals surface area contributed by atoms with E-state index in [2.05, 4.69) is 56.8 Å². The molecule has 0 aliphatic carbocycles. The summed E-state index contributed by atoms with van der Waals surface area (Å²) in [4.78, 5) is 0. The lowest BCUT2D eigenvalue weighted by Gasteiger charge is -2.18. The number of aromatic nitrogens is 2. The molecule has 2 aromatic carbocycles. The summed E-state index contributed by atoms with van der Waals surface area (Å²) in [7, 11) is 0. The molecule has 1 aliphatic heterocycles. The highest BCUT2D eigenvalue weighted by molar-refractivity contribution is 6.12. The van der Waals surface area contributed by atoms with E-state index in [0.717, 1.165) is 46.3 Å². The van der Waals surface area contributed by atoms with E-state index in [1.165, 1.54) is 0 Å². The summed E-state index contributed by atoms with van der Waals surface area (Å²) >= 11 is 0. The van der Waals surface area contributed by atoms with Crippen LogP contribution in [-0.2, 0) is 0 Å². The van der Waals surface area contributed by atoms with Gasteiger partial charge in [0, 0.05) is 22.3 Å². The molecule has 1 aliphatic rings. The van der Waals surface area contributed by atoms with Crippen LogP contribution in [0.4, 0.5) is 0 Å². The largest absolute Gasteiger partial charge is 0.168 e. The number of benzene rings is 2. The summed E-state index contributed by atoms with van der Waals surface area (Å²) in [5, 5.41) is 23.6. The van der Waals surface area contributed by atoms with Crippen LogP contribution in [-0.4, -0.2) is 22.5 Å². The van der Waals surface area contributed by atoms with Gasteiger partial charge in [-0.05, 0) is 11.6 Å². The van der Waals surface area contributed by atoms with Gasteiger partial charge in [0.05, 0.1) is 12.3 Å². The van der Waals surface area contributed by atoms with Crippen LogP contribution >= 0.6 is 0 Å². The quantitative estimate of drug-likeness (QED) is 0.684. The Balaban J connectivity index is 1.90. The molecule has 0 spiro atoms. The summed E-state index contributed by atoms with van der Waals surface area (Å²) in [5.41, 5.74) is 3.69. The van der Waals surface area contributed by atoms with Crippen molar-refractivity contribution < 1.29 is 0 Å². The lowest BCUT2D eigenvalue weighted by atomic mass is 9.92. The summed E-state index contributed by atoms with van der Waals surface area (Å²) in [6, 6.07) is 18.4. The normalized spacial score (nSPS) is 16.8.